The molecule has 0 atom stereocenters. The van der Waals surface area contributed by atoms with Gasteiger partial charge >= 0.3 is 0 Å². The maximum atomic E-state index is 5.77. The third-order valence-electron chi connectivity index (χ3n) is 3.88. The zero-order valence-electron chi connectivity index (χ0n) is 13.0. The van der Waals surface area contributed by atoms with Crippen LogP contribution in [0, 0.1) is 0 Å². The quantitative estimate of drug-likeness (QED) is 0.495. The van der Waals surface area contributed by atoms with Gasteiger partial charge in [-0.25, -0.2) is 4.98 Å². The van der Waals surface area contributed by atoms with Gasteiger partial charge in [-0.05, 0) is 47.5 Å². The summed E-state index contributed by atoms with van der Waals surface area (Å²) in [7, 11) is 0. The molecule has 0 amide bonds. The highest BCUT2D eigenvalue weighted by atomic mass is 32.2. The molecule has 0 saturated carbocycles. The van der Waals surface area contributed by atoms with Crippen LogP contribution in [0.5, 0.6) is 0 Å². The Kier molecular flexibility index (Phi) is 3.93. The molecule has 0 aliphatic carbocycles. The van der Waals surface area contributed by atoms with E-state index in [0.717, 1.165) is 21.1 Å². The molecule has 2 nitrogen and oxygen atoms in total. The molecule has 1 aromatic heterocycles. The summed E-state index contributed by atoms with van der Waals surface area (Å²) in [6, 6.07) is 28.8. The third-order valence-corrected chi connectivity index (χ3v) is 4.81. The Morgan fingerprint density at radius 3 is 2.25 bits per heavy atom. The van der Waals surface area contributed by atoms with Crippen LogP contribution in [0.25, 0.3) is 22.0 Å². The Labute approximate surface area is 145 Å². The molecule has 116 valence electrons. The van der Waals surface area contributed by atoms with Gasteiger partial charge in [0.05, 0.1) is 5.52 Å². The fourth-order valence-electron chi connectivity index (χ4n) is 2.72. The van der Waals surface area contributed by atoms with Crippen LogP contribution in [0.4, 0.5) is 5.69 Å². The van der Waals surface area contributed by atoms with Crippen molar-refractivity contribution in [1.29, 1.82) is 0 Å². The lowest BCUT2D eigenvalue weighted by Crippen LogP contribution is -1.88. The molecule has 3 aromatic carbocycles. The van der Waals surface area contributed by atoms with E-state index in [1.54, 1.807) is 11.8 Å². The normalized spacial score (nSPS) is 10.8. The van der Waals surface area contributed by atoms with Crippen molar-refractivity contribution in [1.82, 2.24) is 4.98 Å². The number of benzene rings is 3. The van der Waals surface area contributed by atoms with Gasteiger partial charge in [0.2, 0.25) is 0 Å². The van der Waals surface area contributed by atoms with Crippen LogP contribution in [0.1, 0.15) is 0 Å². The number of pyridine rings is 1. The molecular formula is C21H16N2S. The SMILES string of the molecule is Nc1ccc(Sc2cc(-c3ccccc3)c3ccccc3n2)cc1. The predicted molar refractivity (Wildman–Crippen MR) is 102 cm³/mol. The van der Waals surface area contributed by atoms with E-state index >= 15 is 0 Å². The average molecular weight is 328 g/mol. The summed E-state index contributed by atoms with van der Waals surface area (Å²) in [5.74, 6) is 0. The molecule has 24 heavy (non-hydrogen) atoms. The zero-order chi connectivity index (χ0) is 16.4. The Bertz CT molecular complexity index is 980. The number of para-hydroxylation sites is 1. The molecule has 2 N–H and O–H groups in total. The van der Waals surface area contributed by atoms with Crippen LogP contribution in [0.3, 0.4) is 0 Å². The summed E-state index contributed by atoms with van der Waals surface area (Å²) in [5.41, 5.74) is 9.97. The first-order valence-corrected chi connectivity index (χ1v) is 8.60. The van der Waals surface area contributed by atoms with Gasteiger partial charge in [-0.15, -0.1) is 0 Å². The van der Waals surface area contributed by atoms with Crippen LogP contribution >= 0.6 is 11.8 Å². The van der Waals surface area contributed by atoms with E-state index < -0.39 is 0 Å². The summed E-state index contributed by atoms with van der Waals surface area (Å²) in [6.45, 7) is 0. The van der Waals surface area contributed by atoms with Gasteiger partial charge in [0, 0.05) is 16.0 Å². The number of nitrogens with two attached hydrogens (primary N) is 1. The first kappa shape index (κ1) is 14.8. The summed E-state index contributed by atoms with van der Waals surface area (Å²) in [5, 5.41) is 2.16. The second kappa shape index (κ2) is 6.38. The number of fused-ring (bicyclic) bond motifs is 1. The summed E-state index contributed by atoms with van der Waals surface area (Å²) < 4.78 is 0. The van der Waals surface area contributed by atoms with Crippen molar-refractivity contribution in [3.05, 3.63) is 84.9 Å². The standard InChI is InChI=1S/C21H16N2S/c22-16-10-12-17(13-11-16)24-21-14-19(15-6-2-1-3-7-15)18-8-4-5-9-20(18)23-21/h1-14H,22H2. The van der Waals surface area contributed by atoms with Gasteiger partial charge < -0.3 is 5.73 Å². The maximum Gasteiger partial charge on any atom is 0.102 e. The lowest BCUT2D eigenvalue weighted by Gasteiger charge is -2.10. The van der Waals surface area contributed by atoms with E-state index in [1.807, 2.05) is 36.4 Å². The van der Waals surface area contributed by atoms with Crippen LogP contribution in [-0.4, -0.2) is 4.98 Å². The van der Waals surface area contributed by atoms with Gasteiger partial charge in [0.1, 0.15) is 5.03 Å². The minimum Gasteiger partial charge on any atom is -0.399 e. The number of anilines is 1. The van der Waals surface area contributed by atoms with E-state index in [-0.39, 0.29) is 0 Å². The molecule has 0 radical (unpaired) electrons. The predicted octanol–water partition coefficient (Wildman–Crippen LogP) is 5.64. The molecule has 0 aliphatic rings. The minimum atomic E-state index is 0.774. The fourth-order valence-corrected chi connectivity index (χ4v) is 3.55. The van der Waals surface area contributed by atoms with Crippen molar-refractivity contribution < 1.29 is 0 Å². The van der Waals surface area contributed by atoms with Crippen molar-refractivity contribution in [2.75, 3.05) is 5.73 Å². The molecule has 0 spiro atoms. The average Bonchev–Trinajstić information content (AvgIpc) is 2.64. The Morgan fingerprint density at radius 2 is 1.46 bits per heavy atom. The smallest absolute Gasteiger partial charge is 0.102 e. The largest absolute Gasteiger partial charge is 0.399 e. The van der Waals surface area contributed by atoms with Crippen molar-refractivity contribution >= 4 is 28.4 Å². The van der Waals surface area contributed by atoms with Gasteiger partial charge in [-0.3, -0.25) is 0 Å². The highest BCUT2D eigenvalue weighted by Crippen LogP contribution is 2.34. The molecule has 4 rings (SSSR count). The summed E-state index contributed by atoms with van der Waals surface area (Å²) in [4.78, 5) is 5.94. The first-order valence-electron chi connectivity index (χ1n) is 7.78. The fraction of sp³-hybridized carbons (Fsp3) is 0. The van der Waals surface area contributed by atoms with Gasteiger partial charge in [0.15, 0.2) is 0 Å². The Hall–Kier alpha value is -2.78. The number of hydrogen-bond donors (Lipinski definition) is 1. The van der Waals surface area contributed by atoms with Crippen molar-refractivity contribution in [2.45, 2.75) is 9.92 Å². The summed E-state index contributed by atoms with van der Waals surface area (Å²) in [6.07, 6.45) is 0. The molecule has 3 heteroatoms. The number of rotatable bonds is 3. The number of nitrogen functional groups attached to an aromatic ring is 1. The van der Waals surface area contributed by atoms with E-state index in [4.69, 9.17) is 10.7 Å². The van der Waals surface area contributed by atoms with Crippen LogP contribution in [0.15, 0.2) is 94.9 Å². The van der Waals surface area contributed by atoms with E-state index in [2.05, 4.69) is 48.5 Å². The number of hydrogen-bond acceptors (Lipinski definition) is 3. The molecule has 0 unspecified atom stereocenters. The number of aromatic nitrogens is 1. The van der Waals surface area contributed by atoms with Crippen molar-refractivity contribution in [2.24, 2.45) is 0 Å². The third kappa shape index (κ3) is 2.99. The zero-order valence-corrected chi connectivity index (χ0v) is 13.8. The Balaban J connectivity index is 1.83. The molecule has 0 aliphatic heterocycles. The summed E-state index contributed by atoms with van der Waals surface area (Å²) >= 11 is 1.65. The van der Waals surface area contributed by atoms with E-state index in [1.165, 1.54) is 16.5 Å². The maximum absolute atomic E-state index is 5.77. The lowest BCUT2D eigenvalue weighted by molar-refractivity contribution is 1.19. The van der Waals surface area contributed by atoms with Crippen LogP contribution in [-0.2, 0) is 0 Å². The first-order chi connectivity index (χ1) is 11.8. The molecule has 0 saturated heterocycles. The monoisotopic (exact) mass is 328 g/mol. The second-order valence-corrected chi connectivity index (χ2v) is 6.66. The van der Waals surface area contributed by atoms with Gasteiger partial charge in [-0.2, -0.15) is 0 Å². The minimum absolute atomic E-state index is 0.774. The topological polar surface area (TPSA) is 38.9 Å². The highest BCUT2D eigenvalue weighted by molar-refractivity contribution is 7.99. The molecule has 1 heterocycles. The van der Waals surface area contributed by atoms with Crippen molar-refractivity contribution in [3.8, 4) is 11.1 Å². The number of nitrogens with zero attached hydrogens (tertiary/aromatic N) is 1. The van der Waals surface area contributed by atoms with Crippen molar-refractivity contribution in [3.63, 3.8) is 0 Å². The highest BCUT2D eigenvalue weighted by Gasteiger charge is 2.08. The molecular weight excluding hydrogens is 312 g/mol. The molecule has 0 fully saturated rings. The van der Waals surface area contributed by atoms with Gasteiger partial charge in [0.25, 0.3) is 0 Å². The lowest BCUT2D eigenvalue weighted by atomic mass is 10.0. The van der Waals surface area contributed by atoms with E-state index in [0.29, 0.717) is 0 Å². The molecule has 4 aromatic rings. The van der Waals surface area contributed by atoms with E-state index in [9.17, 15) is 0 Å². The van der Waals surface area contributed by atoms with Crippen LogP contribution in [0.2, 0.25) is 0 Å². The van der Waals surface area contributed by atoms with Gasteiger partial charge in [-0.1, -0.05) is 60.3 Å². The molecule has 0 bridgehead atoms. The Morgan fingerprint density at radius 1 is 0.750 bits per heavy atom. The van der Waals surface area contributed by atoms with Crippen LogP contribution < -0.4 is 5.73 Å². The second-order valence-electron chi connectivity index (χ2n) is 5.56.